The smallest absolute Gasteiger partial charge is 0.251 e. The van der Waals surface area contributed by atoms with Gasteiger partial charge in [0.25, 0.3) is 5.91 Å². The number of benzene rings is 1. The molecule has 1 aliphatic rings. The largest absolute Gasteiger partial charge is 0.497 e. The van der Waals surface area contributed by atoms with E-state index in [1.54, 1.807) is 19.2 Å². The van der Waals surface area contributed by atoms with E-state index >= 15 is 0 Å². The molecule has 0 aliphatic carbocycles. The molecular formula is C15H17N3O2. The topological polar surface area (TPSA) is 56.1 Å². The van der Waals surface area contributed by atoms with Gasteiger partial charge in [0.05, 0.1) is 13.4 Å². The zero-order valence-corrected chi connectivity index (χ0v) is 11.4. The first kappa shape index (κ1) is 12.7. The predicted molar refractivity (Wildman–Crippen MR) is 74.8 cm³/mol. The summed E-state index contributed by atoms with van der Waals surface area (Å²) in [5, 5.41) is 3.08. The Morgan fingerprint density at radius 3 is 3.25 bits per heavy atom. The van der Waals surface area contributed by atoms with Gasteiger partial charge in [0.2, 0.25) is 0 Å². The number of nitrogens with zero attached hydrogens (tertiary/aromatic N) is 2. The van der Waals surface area contributed by atoms with Crippen LogP contribution in [0.25, 0.3) is 0 Å². The van der Waals surface area contributed by atoms with Crippen LogP contribution in [0.5, 0.6) is 5.75 Å². The second kappa shape index (κ2) is 5.36. The molecule has 0 saturated heterocycles. The fourth-order valence-corrected chi connectivity index (χ4v) is 2.53. The summed E-state index contributed by atoms with van der Waals surface area (Å²) in [7, 11) is 1.60. The second-order valence-electron chi connectivity index (χ2n) is 4.97. The highest BCUT2D eigenvalue weighted by Crippen LogP contribution is 2.16. The van der Waals surface area contributed by atoms with Crippen molar-refractivity contribution in [1.29, 1.82) is 0 Å². The Labute approximate surface area is 117 Å². The average Bonchev–Trinajstić information content (AvgIpc) is 2.95. The number of carbonyl (C=O) groups is 1. The van der Waals surface area contributed by atoms with Crippen molar-refractivity contribution in [3.8, 4) is 5.75 Å². The van der Waals surface area contributed by atoms with Crippen molar-refractivity contribution in [2.75, 3.05) is 7.11 Å². The molecular weight excluding hydrogens is 254 g/mol. The van der Waals surface area contributed by atoms with Gasteiger partial charge in [-0.05, 0) is 24.6 Å². The molecule has 2 aromatic rings. The van der Waals surface area contributed by atoms with Gasteiger partial charge in [-0.2, -0.15) is 0 Å². The first-order valence-corrected chi connectivity index (χ1v) is 6.70. The van der Waals surface area contributed by atoms with Crippen LogP contribution in [-0.4, -0.2) is 28.6 Å². The highest BCUT2D eigenvalue weighted by atomic mass is 16.5. The maximum atomic E-state index is 12.2. The Kier molecular flexibility index (Phi) is 3.41. The van der Waals surface area contributed by atoms with E-state index in [9.17, 15) is 4.79 Å². The zero-order valence-electron chi connectivity index (χ0n) is 11.4. The Morgan fingerprint density at radius 1 is 1.50 bits per heavy atom. The maximum Gasteiger partial charge on any atom is 0.251 e. The number of amides is 1. The van der Waals surface area contributed by atoms with Crippen LogP contribution in [0.3, 0.4) is 0 Å². The fourth-order valence-electron chi connectivity index (χ4n) is 2.53. The minimum absolute atomic E-state index is 0.0538. The molecule has 1 unspecified atom stereocenters. The van der Waals surface area contributed by atoms with Crippen molar-refractivity contribution in [3.63, 3.8) is 0 Å². The van der Waals surface area contributed by atoms with Crippen LogP contribution in [0.2, 0.25) is 0 Å². The summed E-state index contributed by atoms with van der Waals surface area (Å²) < 4.78 is 7.27. The summed E-state index contributed by atoms with van der Waals surface area (Å²) in [5.74, 6) is 0.640. The highest BCUT2D eigenvalue weighted by molar-refractivity contribution is 5.94. The Hall–Kier alpha value is -2.30. The summed E-state index contributed by atoms with van der Waals surface area (Å²) >= 11 is 0. The quantitative estimate of drug-likeness (QED) is 0.923. The molecule has 3 rings (SSSR count). The molecule has 5 heteroatoms. The molecule has 1 amide bonds. The van der Waals surface area contributed by atoms with Crippen LogP contribution in [0.1, 0.15) is 22.5 Å². The van der Waals surface area contributed by atoms with Crippen LogP contribution >= 0.6 is 0 Å². The Bertz CT molecular complexity index is 621. The SMILES string of the molecule is COc1cccc(C(=O)NC2CCn3cncc3C2)c1. The summed E-state index contributed by atoms with van der Waals surface area (Å²) in [6.07, 6.45) is 5.47. The number of aromatic nitrogens is 2. The van der Waals surface area contributed by atoms with Crippen molar-refractivity contribution in [2.24, 2.45) is 0 Å². The predicted octanol–water partition coefficient (Wildman–Crippen LogP) is 1.64. The summed E-state index contributed by atoms with van der Waals surface area (Å²) in [5.41, 5.74) is 1.80. The van der Waals surface area contributed by atoms with Crippen molar-refractivity contribution < 1.29 is 9.53 Å². The van der Waals surface area contributed by atoms with Gasteiger partial charge in [0, 0.05) is 36.5 Å². The molecule has 1 aromatic heterocycles. The van der Waals surface area contributed by atoms with Gasteiger partial charge in [-0.15, -0.1) is 0 Å². The summed E-state index contributed by atoms with van der Waals surface area (Å²) in [6.45, 7) is 0.901. The third-order valence-corrected chi connectivity index (χ3v) is 3.64. The van der Waals surface area contributed by atoms with E-state index in [1.807, 2.05) is 24.7 Å². The third-order valence-electron chi connectivity index (χ3n) is 3.64. The molecule has 2 heterocycles. The number of fused-ring (bicyclic) bond motifs is 1. The lowest BCUT2D eigenvalue weighted by Gasteiger charge is -2.24. The van der Waals surface area contributed by atoms with E-state index in [0.29, 0.717) is 11.3 Å². The normalized spacial score (nSPS) is 17.4. The number of hydrogen-bond donors (Lipinski definition) is 1. The van der Waals surface area contributed by atoms with Gasteiger partial charge in [0.1, 0.15) is 5.75 Å². The van der Waals surface area contributed by atoms with E-state index in [-0.39, 0.29) is 11.9 Å². The molecule has 20 heavy (non-hydrogen) atoms. The van der Waals surface area contributed by atoms with Crippen LogP contribution < -0.4 is 10.1 Å². The van der Waals surface area contributed by atoms with Gasteiger partial charge in [-0.3, -0.25) is 4.79 Å². The van der Waals surface area contributed by atoms with Gasteiger partial charge < -0.3 is 14.6 Å². The van der Waals surface area contributed by atoms with Crippen molar-refractivity contribution in [2.45, 2.75) is 25.4 Å². The second-order valence-corrected chi connectivity index (χ2v) is 4.97. The average molecular weight is 271 g/mol. The minimum Gasteiger partial charge on any atom is -0.497 e. The number of imidazole rings is 1. The maximum absolute atomic E-state index is 12.2. The van der Waals surface area contributed by atoms with Gasteiger partial charge >= 0.3 is 0 Å². The third kappa shape index (κ3) is 2.52. The van der Waals surface area contributed by atoms with Crippen LogP contribution in [0, 0.1) is 0 Å². The van der Waals surface area contributed by atoms with E-state index < -0.39 is 0 Å². The zero-order chi connectivity index (χ0) is 13.9. The molecule has 0 fully saturated rings. The van der Waals surface area contributed by atoms with E-state index in [1.165, 1.54) is 5.69 Å². The molecule has 1 aliphatic heterocycles. The first-order chi connectivity index (χ1) is 9.76. The number of methoxy groups -OCH3 is 1. The van der Waals surface area contributed by atoms with Crippen LogP contribution in [0.15, 0.2) is 36.8 Å². The van der Waals surface area contributed by atoms with Crippen molar-refractivity contribution >= 4 is 5.91 Å². The van der Waals surface area contributed by atoms with Gasteiger partial charge in [0.15, 0.2) is 0 Å². The summed E-state index contributed by atoms with van der Waals surface area (Å²) in [6, 6.07) is 7.37. The van der Waals surface area contributed by atoms with Crippen molar-refractivity contribution in [3.05, 3.63) is 48.0 Å². The fraction of sp³-hybridized carbons (Fsp3) is 0.333. The minimum atomic E-state index is -0.0538. The lowest BCUT2D eigenvalue weighted by Crippen LogP contribution is -2.39. The Balaban J connectivity index is 1.67. The molecule has 1 N–H and O–H groups in total. The molecule has 0 spiro atoms. The van der Waals surface area contributed by atoms with E-state index in [2.05, 4.69) is 14.9 Å². The van der Waals surface area contributed by atoms with Gasteiger partial charge in [-0.1, -0.05) is 6.07 Å². The number of hydrogen-bond acceptors (Lipinski definition) is 3. The number of nitrogens with one attached hydrogen (secondary N) is 1. The first-order valence-electron chi connectivity index (χ1n) is 6.70. The number of carbonyl (C=O) groups excluding carboxylic acids is 1. The van der Waals surface area contributed by atoms with E-state index in [4.69, 9.17) is 4.74 Å². The van der Waals surface area contributed by atoms with Crippen LogP contribution in [0.4, 0.5) is 0 Å². The lowest BCUT2D eigenvalue weighted by atomic mass is 10.0. The standard InChI is InChI=1S/C15H17N3O2/c1-20-14-4-2-3-11(7-14)15(19)17-12-5-6-18-10-16-9-13(18)8-12/h2-4,7,9-10,12H,5-6,8H2,1H3,(H,17,19). The molecule has 1 aromatic carbocycles. The molecule has 104 valence electrons. The van der Waals surface area contributed by atoms with E-state index in [0.717, 1.165) is 19.4 Å². The summed E-state index contributed by atoms with van der Waals surface area (Å²) in [4.78, 5) is 16.4. The monoisotopic (exact) mass is 271 g/mol. The molecule has 0 bridgehead atoms. The number of ether oxygens (including phenoxy) is 1. The number of rotatable bonds is 3. The Morgan fingerprint density at radius 2 is 2.40 bits per heavy atom. The molecule has 1 atom stereocenters. The lowest BCUT2D eigenvalue weighted by molar-refractivity contribution is 0.0930. The van der Waals surface area contributed by atoms with Crippen LogP contribution in [-0.2, 0) is 13.0 Å². The van der Waals surface area contributed by atoms with Gasteiger partial charge in [-0.25, -0.2) is 4.98 Å². The molecule has 5 nitrogen and oxygen atoms in total. The highest BCUT2D eigenvalue weighted by Gasteiger charge is 2.20. The molecule has 0 saturated carbocycles. The van der Waals surface area contributed by atoms with Crippen molar-refractivity contribution in [1.82, 2.24) is 14.9 Å². The number of aryl methyl sites for hydroxylation is 1. The molecule has 0 radical (unpaired) electrons.